The fourth-order valence-corrected chi connectivity index (χ4v) is 2.72. The number of carbonyl (C=O) groups excluding carboxylic acids is 1. The Hall–Kier alpha value is -2.43. The molecule has 0 aliphatic carbocycles. The molecule has 2 aromatic rings. The molecule has 1 fully saturated rings. The maximum absolute atomic E-state index is 12.5. The van der Waals surface area contributed by atoms with Gasteiger partial charge in [-0.15, -0.1) is 0 Å². The van der Waals surface area contributed by atoms with Crippen LogP contribution < -0.4 is 10.1 Å². The highest BCUT2D eigenvalue weighted by atomic mass is 16.5. The summed E-state index contributed by atoms with van der Waals surface area (Å²) in [6, 6.07) is 11.0. The lowest BCUT2D eigenvalue weighted by Crippen LogP contribution is -2.34. The number of hydrogen-bond acceptors (Lipinski definition) is 3. The molecule has 0 bridgehead atoms. The molecular formula is C16H18N2O3. The highest BCUT2D eigenvalue weighted by Gasteiger charge is 2.32. The minimum atomic E-state index is -0.126. The molecule has 21 heavy (non-hydrogen) atoms. The van der Waals surface area contributed by atoms with Gasteiger partial charge in [0.1, 0.15) is 11.5 Å². The summed E-state index contributed by atoms with van der Waals surface area (Å²) in [5.41, 5.74) is 0.676. The van der Waals surface area contributed by atoms with Gasteiger partial charge in [0.2, 0.25) is 0 Å². The van der Waals surface area contributed by atoms with Gasteiger partial charge in [0.25, 0.3) is 0 Å². The molecule has 110 valence electrons. The number of carbonyl (C=O) groups is 1. The molecule has 1 aliphatic rings. The number of urea groups is 1. The van der Waals surface area contributed by atoms with Gasteiger partial charge < -0.3 is 19.4 Å². The Morgan fingerprint density at radius 1 is 1.33 bits per heavy atom. The average molecular weight is 286 g/mol. The van der Waals surface area contributed by atoms with E-state index in [2.05, 4.69) is 5.32 Å². The second-order valence-electron chi connectivity index (χ2n) is 5.00. The van der Waals surface area contributed by atoms with E-state index < -0.39 is 0 Å². The maximum Gasteiger partial charge on any atom is 0.322 e. The molecule has 1 atom stereocenters. The third-order valence-corrected chi connectivity index (χ3v) is 3.73. The van der Waals surface area contributed by atoms with E-state index in [0.717, 1.165) is 25.1 Å². The van der Waals surface area contributed by atoms with Crippen molar-refractivity contribution in [2.45, 2.75) is 18.9 Å². The quantitative estimate of drug-likeness (QED) is 0.936. The van der Waals surface area contributed by atoms with E-state index in [1.54, 1.807) is 13.4 Å². The standard InChI is InChI=1S/C16H18N2O3/c1-20-14-8-3-2-6-12(14)17-16(19)18-10-4-7-13(18)15-9-5-11-21-15/h2-3,5-6,8-9,11,13H,4,7,10H2,1H3,(H,17,19)/t13-/m1/s1. The van der Waals surface area contributed by atoms with Crippen LogP contribution in [0.15, 0.2) is 47.1 Å². The zero-order chi connectivity index (χ0) is 14.7. The van der Waals surface area contributed by atoms with Crippen molar-refractivity contribution in [2.24, 2.45) is 0 Å². The smallest absolute Gasteiger partial charge is 0.322 e. The molecule has 5 nitrogen and oxygen atoms in total. The molecule has 0 radical (unpaired) electrons. The molecule has 2 heterocycles. The van der Waals surface area contributed by atoms with Gasteiger partial charge in [-0.2, -0.15) is 0 Å². The summed E-state index contributed by atoms with van der Waals surface area (Å²) in [6.07, 6.45) is 3.54. The van der Waals surface area contributed by atoms with Crippen LogP contribution in [0.4, 0.5) is 10.5 Å². The third kappa shape index (κ3) is 2.72. The number of para-hydroxylation sites is 2. The zero-order valence-corrected chi connectivity index (χ0v) is 11.9. The molecule has 1 aromatic heterocycles. The second-order valence-corrected chi connectivity index (χ2v) is 5.00. The number of hydrogen-bond donors (Lipinski definition) is 1. The number of benzene rings is 1. The number of methoxy groups -OCH3 is 1. The molecule has 2 amide bonds. The molecular weight excluding hydrogens is 268 g/mol. The van der Waals surface area contributed by atoms with Crippen molar-refractivity contribution >= 4 is 11.7 Å². The fourth-order valence-electron chi connectivity index (χ4n) is 2.72. The van der Waals surface area contributed by atoms with E-state index in [9.17, 15) is 4.79 Å². The Balaban J connectivity index is 1.75. The fraction of sp³-hybridized carbons (Fsp3) is 0.312. The van der Waals surface area contributed by atoms with Crippen molar-refractivity contribution in [1.82, 2.24) is 4.90 Å². The summed E-state index contributed by atoms with van der Waals surface area (Å²) in [5.74, 6) is 1.49. The monoisotopic (exact) mass is 286 g/mol. The summed E-state index contributed by atoms with van der Waals surface area (Å²) in [4.78, 5) is 14.3. The largest absolute Gasteiger partial charge is 0.495 e. The number of ether oxygens (including phenoxy) is 1. The predicted octanol–water partition coefficient (Wildman–Crippen LogP) is 3.66. The Labute approximate surface area is 123 Å². The van der Waals surface area contributed by atoms with Crippen molar-refractivity contribution in [3.05, 3.63) is 48.4 Å². The summed E-state index contributed by atoms with van der Waals surface area (Å²) < 4.78 is 10.7. The first-order valence-corrected chi connectivity index (χ1v) is 7.03. The van der Waals surface area contributed by atoms with Crippen molar-refractivity contribution in [3.8, 4) is 5.75 Å². The molecule has 1 N–H and O–H groups in total. The van der Waals surface area contributed by atoms with Gasteiger partial charge in [0, 0.05) is 6.54 Å². The number of nitrogens with zero attached hydrogens (tertiary/aromatic N) is 1. The Morgan fingerprint density at radius 2 is 2.19 bits per heavy atom. The van der Waals surface area contributed by atoms with Gasteiger partial charge in [-0.05, 0) is 37.1 Å². The van der Waals surface area contributed by atoms with Gasteiger partial charge in [-0.25, -0.2) is 4.79 Å². The molecule has 0 unspecified atom stereocenters. The van der Waals surface area contributed by atoms with E-state index in [0.29, 0.717) is 11.4 Å². The van der Waals surface area contributed by atoms with Gasteiger partial charge >= 0.3 is 6.03 Å². The molecule has 1 aromatic carbocycles. The van der Waals surface area contributed by atoms with Crippen LogP contribution in [-0.2, 0) is 0 Å². The third-order valence-electron chi connectivity index (χ3n) is 3.73. The zero-order valence-electron chi connectivity index (χ0n) is 11.9. The molecule has 5 heteroatoms. The van der Waals surface area contributed by atoms with Crippen LogP contribution in [0.25, 0.3) is 0 Å². The SMILES string of the molecule is COc1ccccc1NC(=O)N1CCC[C@@H]1c1ccco1. The van der Waals surface area contributed by atoms with Crippen LogP contribution in [0, 0.1) is 0 Å². The second kappa shape index (κ2) is 5.91. The Bertz CT molecular complexity index is 610. The van der Waals surface area contributed by atoms with Gasteiger partial charge in [-0.1, -0.05) is 12.1 Å². The van der Waals surface area contributed by atoms with Crippen LogP contribution in [-0.4, -0.2) is 24.6 Å². The van der Waals surface area contributed by atoms with Crippen molar-refractivity contribution < 1.29 is 13.9 Å². The van der Waals surface area contributed by atoms with Crippen molar-refractivity contribution in [2.75, 3.05) is 19.0 Å². The number of rotatable bonds is 3. The molecule has 0 spiro atoms. The number of anilines is 1. The number of furan rings is 1. The lowest BCUT2D eigenvalue weighted by Gasteiger charge is -2.24. The lowest BCUT2D eigenvalue weighted by molar-refractivity contribution is 0.199. The highest BCUT2D eigenvalue weighted by molar-refractivity contribution is 5.91. The summed E-state index contributed by atoms with van der Waals surface area (Å²) in [5, 5.41) is 2.92. The first kappa shape index (κ1) is 13.5. The lowest BCUT2D eigenvalue weighted by atomic mass is 10.2. The van der Waals surface area contributed by atoms with Gasteiger partial charge in [-0.3, -0.25) is 0 Å². The first-order chi connectivity index (χ1) is 10.3. The average Bonchev–Trinajstić information content (AvgIpc) is 3.18. The van der Waals surface area contributed by atoms with Gasteiger partial charge in [0.15, 0.2) is 0 Å². The molecule has 1 saturated heterocycles. The van der Waals surface area contributed by atoms with Crippen LogP contribution in [0.2, 0.25) is 0 Å². The Morgan fingerprint density at radius 3 is 2.95 bits per heavy atom. The maximum atomic E-state index is 12.5. The van der Waals surface area contributed by atoms with E-state index in [4.69, 9.17) is 9.15 Å². The number of likely N-dealkylation sites (tertiary alicyclic amines) is 1. The minimum Gasteiger partial charge on any atom is -0.495 e. The topological polar surface area (TPSA) is 54.7 Å². The van der Waals surface area contributed by atoms with Crippen LogP contribution in [0.1, 0.15) is 24.6 Å². The normalized spacial score (nSPS) is 17.8. The van der Waals surface area contributed by atoms with Crippen molar-refractivity contribution in [1.29, 1.82) is 0 Å². The van der Waals surface area contributed by atoms with Gasteiger partial charge in [0.05, 0.1) is 25.1 Å². The molecule has 3 rings (SSSR count). The first-order valence-electron chi connectivity index (χ1n) is 7.03. The van der Waals surface area contributed by atoms with E-state index in [1.165, 1.54) is 0 Å². The minimum absolute atomic E-state index is 0.00899. The van der Waals surface area contributed by atoms with E-state index in [-0.39, 0.29) is 12.1 Å². The molecule has 1 aliphatic heterocycles. The van der Waals surface area contributed by atoms with E-state index >= 15 is 0 Å². The van der Waals surface area contributed by atoms with E-state index in [1.807, 2.05) is 41.3 Å². The summed E-state index contributed by atoms with van der Waals surface area (Å²) >= 11 is 0. The molecule has 0 saturated carbocycles. The number of amides is 2. The summed E-state index contributed by atoms with van der Waals surface area (Å²) in [7, 11) is 1.59. The Kier molecular flexibility index (Phi) is 3.81. The van der Waals surface area contributed by atoms with Crippen LogP contribution in [0.3, 0.4) is 0 Å². The van der Waals surface area contributed by atoms with Crippen molar-refractivity contribution in [3.63, 3.8) is 0 Å². The highest BCUT2D eigenvalue weighted by Crippen LogP contribution is 2.33. The van der Waals surface area contributed by atoms with Crippen LogP contribution in [0.5, 0.6) is 5.75 Å². The predicted molar refractivity (Wildman–Crippen MR) is 79.4 cm³/mol. The van der Waals surface area contributed by atoms with Crippen LogP contribution >= 0.6 is 0 Å². The number of nitrogens with one attached hydrogen (secondary N) is 1. The summed E-state index contributed by atoms with van der Waals surface area (Å²) in [6.45, 7) is 0.729.